The van der Waals surface area contributed by atoms with Crippen molar-refractivity contribution in [3.63, 3.8) is 0 Å². The highest BCUT2D eigenvalue weighted by molar-refractivity contribution is 5.59. The van der Waals surface area contributed by atoms with Gasteiger partial charge in [0.25, 0.3) is 0 Å². The normalized spacial score (nSPS) is 10.4. The van der Waals surface area contributed by atoms with Crippen molar-refractivity contribution in [3.05, 3.63) is 48.9 Å². The van der Waals surface area contributed by atoms with Crippen LogP contribution in [0.3, 0.4) is 0 Å². The Morgan fingerprint density at radius 1 is 1.11 bits per heavy atom. The van der Waals surface area contributed by atoms with Gasteiger partial charge in [0.15, 0.2) is 0 Å². The predicted molar refractivity (Wildman–Crippen MR) is 71.9 cm³/mol. The molecule has 94 valence electrons. The van der Waals surface area contributed by atoms with Gasteiger partial charge in [-0.3, -0.25) is 0 Å². The Morgan fingerprint density at radius 2 is 1.95 bits per heavy atom. The molecule has 6 heteroatoms. The van der Waals surface area contributed by atoms with Gasteiger partial charge in [-0.15, -0.1) is 5.10 Å². The van der Waals surface area contributed by atoms with Crippen LogP contribution in [-0.2, 0) is 0 Å². The lowest BCUT2D eigenvalue weighted by molar-refractivity contribution is 0.806. The minimum atomic E-state index is 0.755. The molecule has 0 aliphatic heterocycles. The third-order valence-electron chi connectivity index (χ3n) is 2.74. The Hall–Kier alpha value is -2.76. The van der Waals surface area contributed by atoms with E-state index in [1.165, 1.54) is 6.33 Å². The first-order valence-electron chi connectivity index (χ1n) is 5.85. The van der Waals surface area contributed by atoms with Crippen molar-refractivity contribution in [1.29, 1.82) is 0 Å². The third-order valence-corrected chi connectivity index (χ3v) is 2.74. The predicted octanol–water partition coefficient (Wildman–Crippen LogP) is 1.77. The Morgan fingerprint density at radius 3 is 2.74 bits per heavy atom. The molecule has 0 aliphatic carbocycles. The average molecular weight is 252 g/mol. The Bertz CT molecular complexity index is 676. The van der Waals surface area contributed by atoms with Crippen LogP contribution in [0.5, 0.6) is 0 Å². The second-order valence-corrected chi connectivity index (χ2v) is 3.91. The molecule has 0 saturated heterocycles. The molecule has 0 atom stereocenters. The van der Waals surface area contributed by atoms with Crippen molar-refractivity contribution in [2.24, 2.45) is 0 Å². The van der Waals surface area contributed by atoms with Crippen LogP contribution in [0.4, 0.5) is 5.82 Å². The van der Waals surface area contributed by atoms with Gasteiger partial charge in [-0.2, -0.15) is 0 Å². The summed E-state index contributed by atoms with van der Waals surface area (Å²) in [5.74, 6) is 0.755. The maximum absolute atomic E-state index is 4.26. The van der Waals surface area contributed by atoms with Crippen LogP contribution in [0.25, 0.3) is 17.1 Å². The molecule has 3 rings (SSSR count). The maximum Gasteiger partial charge on any atom is 0.129 e. The fourth-order valence-electron chi connectivity index (χ4n) is 1.80. The number of nitrogens with zero attached hydrogens (tertiary/aromatic N) is 5. The van der Waals surface area contributed by atoms with Crippen LogP contribution in [0.1, 0.15) is 0 Å². The summed E-state index contributed by atoms with van der Waals surface area (Å²) in [4.78, 5) is 8.36. The van der Waals surface area contributed by atoms with Crippen molar-refractivity contribution >= 4 is 5.82 Å². The van der Waals surface area contributed by atoms with E-state index in [4.69, 9.17) is 0 Å². The Balaban J connectivity index is 2.09. The number of para-hydroxylation sites is 1. The molecule has 0 radical (unpaired) electrons. The van der Waals surface area contributed by atoms with Crippen LogP contribution < -0.4 is 5.32 Å². The zero-order chi connectivity index (χ0) is 13.1. The summed E-state index contributed by atoms with van der Waals surface area (Å²) >= 11 is 0. The minimum absolute atomic E-state index is 0.755. The van der Waals surface area contributed by atoms with Gasteiger partial charge in [-0.25, -0.2) is 14.6 Å². The molecular formula is C13H12N6. The topological polar surface area (TPSA) is 68.5 Å². The molecule has 1 N–H and O–H groups in total. The van der Waals surface area contributed by atoms with Gasteiger partial charge < -0.3 is 5.32 Å². The molecule has 0 unspecified atom stereocenters. The van der Waals surface area contributed by atoms with Gasteiger partial charge in [0.2, 0.25) is 0 Å². The highest BCUT2D eigenvalue weighted by atomic mass is 15.4. The fourth-order valence-corrected chi connectivity index (χ4v) is 1.80. The minimum Gasteiger partial charge on any atom is -0.373 e. The van der Waals surface area contributed by atoms with E-state index in [-0.39, 0.29) is 0 Å². The molecule has 0 bridgehead atoms. The Labute approximate surface area is 110 Å². The van der Waals surface area contributed by atoms with E-state index in [1.54, 1.807) is 10.9 Å². The van der Waals surface area contributed by atoms with Crippen LogP contribution >= 0.6 is 0 Å². The first kappa shape index (κ1) is 11.3. The zero-order valence-electron chi connectivity index (χ0n) is 10.4. The van der Waals surface area contributed by atoms with Gasteiger partial charge in [0.05, 0.1) is 17.6 Å². The van der Waals surface area contributed by atoms with Gasteiger partial charge >= 0.3 is 0 Å². The molecule has 0 aliphatic rings. The quantitative estimate of drug-likeness (QED) is 0.769. The number of hydrogen-bond donors (Lipinski definition) is 1. The van der Waals surface area contributed by atoms with E-state index < -0.39 is 0 Å². The number of hydrogen-bond acceptors (Lipinski definition) is 5. The number of aromatic nitrogens is 5. The summed E-state index contributed by atoms with van der Waals surface area (Å²) in [5, 5.41) is 11.1. The molecule has 19 heavy (non-hydrogen) atoms. The lowest BCUT2D eigenvalue weighted by Gasteiger charge is -2.06. The lowest BCUT2D eigenvalue weighted by Crippen LogP contribution is -2.01. The van der Waals surface area contributed by atoms with Crippen molar-refractivity contribution in [3.8, 4) is 17.1 Å². The van der Waals surface area contributed by atoms with E-state index in [0.717, 1.165) is 22.9 Å². The van der Waals surface area contributed by atoms with Crippen molar-refractivity contribution in [2.75, 3.05) is 12.4 Å². The summed E-state index contributed by atoms with van der Waals surface area (Å²) in [6.07, 6.45) is 3.21. The summed E-state index contributed by atoms with van der Waals surface area (Å²) in [6.45, 7) is 0. The second kappa shape index (κ2) is 4.85. The standard InChI is InChI=1S/C13H12N6/c1-14-13-7-11(15-9-16-13)12-8-17-18-19(12)10-5-3-2-4-6-10/h2-9H,1H3,(H,14,15,16). The van der Waals surface area contributed by atoms with Crippen LogP contribution in [0, 0.1) is 0 Å². The number of anilines is 1. The van der Waals surface area contributed by atoms with Crippen LogP contribution in [0.15, 0.2) is 48.9 Å². The first-order valence-corrected chi connectivity index (χ1v) is 5.85. The molecule has 0 saturated carbocycles. The number of benzene rings is 1. The summed E-state index contributed by atoms with van der Waals surface area (Å²) in [5.41, 5.74) is 2.54. The number of nitrogens with one attached hydrogen (secondary N) is 1. The monoisotopic (exact) mass is 252 g/mol. The molecule has 0 amide bonds. The maximum atomic E-state index is 4.26. The van der Waals surface area contributed by atoms with Gasteiger partial charge in [0, 0.05) is 13.1 Å². The Kier molecular flexibility index (Phi) is 2.89. The average Bonchev–Trinajstić information content (AvgIpc) is 2.98. The molecule has 0 fully saturated rings. The largest absolute Gasteiger partial charge is 0.373 e. The summed E-state index contributed by atoms with van der Waals surface area (Å²) in [7, 11) is 1.82. The molecule has 2 aromatic heterocycles. The number of rotatable bonds is 3. The molecule has 3 aromatic rings. The highest BCUT2D eigenvalue weighted by Crippen LogP contribution is 2.20. The van der Waals surface area contributed by atoms with E-state index >= 15 is 0 Å². The molecule has 2 heterocycles. The van der Waals surface area contributed by atoms with Gasteiger partial charge in [0.1, 0.15) is 17.8 Å². The molecule has 1 aromatic carbocycles. The zero-order valence-corrected chi connectivity index (χ0v) is 10.4. The fraction of sp³-hybridized carbons (Fsp3) is 0.0769. The highest BCUT2D eigenvalue weighted by Gasteiger charge is 2.10. The smallest absolute Gasteiger partial charge is 0.129 e. The van der Waals surface area contributed by atoms with Crippen LogP contribution in [0.2, 0.25) is 0 Å². The van der Waals surface area contributed by atoms with Crippen molar-refractivity contribution < 1.29 is 0 Å². The van der Waals surface area contributed by atoms with E-state index in [2.05, 4.69) is 25.6 Å². The SMILES string of the molecule is CNc1cc(-c2cnnn2-c2ccccc2)ncn1. The molecular weight excluding hydrogens is 240 g/mol. The van der Waals surface area contributed by atoms with Crippen molar-refractivity contribution in [2.45, 2.75) is 0 Å². The molecule has 0 spiro atoms. The van der Waals surface area contributed by atoms with Crippen LogP contribution in [-0.4, -0.2) is 32.0 Å². The van der Waals surface area contributed by atoms with E-state index in [0.29, 0.717) is 0 Å². The van der Waals surface area contributed by atoms with Crippen molar-refractivity contribution in [1.82, 2.24) is 25.0 Å². The summed E-state index contributed by atoms with van der Waals surface area (Å²) in [6, 6.07) is 11.7. The lowest BCUT2D eigenvalue weighted by atomic mass is 10.2. The van der Waals surface area contributed by atoms with E-state index in [1.807, 2.05) is 43.4 Å². The van der Waals surface area contributed by atoms with Gasteiger partial charge in [-0.1, -0.05) is 23.4 Å². The summed E-state index contributed by atoms with van der Waals surface area (Å²) < 4.78 is 1.75. The van der Waals surface area contributed by atoms with E-state index in [9.17, 15) is 0 Å². The molecule has 6 nitrogen and oxygen atoms in total. The second-order valence-electron chi connectivity index (χ2n) is 3.91. The van der Waals surface area contributed by atoms with Gasteiger partial charge in [-0.05, 0) is 12.1 Å². The first-order chi connectivity index (χ1) is 9.38. The third kappa shape index (κ3) is 2.15.